The van der Waals surface area contributed by atoms with Crippen molar-refractivity contribution in [1.82, 2.24) is 0 Å². The topological polar surface area (TPSA) is 29.4 Å². The third-order valence-corrected chi connectivity index (χ3v) is 3.70. The highest BCUT2D eigenvalue weighted by Gasteiger charge is 2.37. The number of hydrogen-bond acceptors (Lipinski definition) is 2. The molecule has 17 heavy (non-hydrogen) atoms. The quantitative estimate of drug-likeness (QED) is 0.567. The number of carbonyl (C=O) groups excluding carboxylic acids is 1. The van der Waals surface area contributed by atoms with Crippen LogP contribution >= 0.6 is 0 Å². The molecule has 0 amide bonds. The van der Waals surface area contributed by atoms with Crippen molar-refractivity contribution in [3.05, 3.63) is 34.6 Å². The van der Waals surface area contributed by atoms with Gasteiger partial charge in [0.05, 0.1) is 5.54 Å². The van der Waals surface area contributed by atoms with Crippen molar-refractivity contribution < 1.29 is 9.18 Å². The first-order valence-corrected chi connectivity index (χ1v) is 5.95. The molecule has 0 heterocycles. The average Bonchev–Trinajstić information content (AvgIpc) is 2.73. The van der Waals surface area contributed by atoms with Crippen molar-refractivity contribution in [1.29, 1.82) is 0 Å². The number of isocyanates is 1. The summed E-state index contributed by atoms with van der Waals surface area (Å²) in [6, 6.07) is 3.36. The van der Waals surface area contributed by atoms with Crippen LogP contribution in [0.25, 0.3) is 0 Å². The van der Waals surface area contributed by atoms with Gasteiger partial charge in [-0.2, -0.15) is 4.99 Å². The molecular weight excluding hydrogens is 217 g/mol. The van der Waals surface area contributed by atoms with Crippen molar-refractivity contribution in [2.24, 2.45) is 4.99 Å². The highest BCUT2D eigenvalue weighted by atomic mass is 19.1. The Hall–Kier alpha value is -1.47. The molecule has 0 spiro atoms. The maximum atomic E-state index is 13.4. The van der Waals surface area contributed by atoms with Crippen LogP contribution in [0.5, 0.6) is 0 Å². The van der Waals surface area contributed by atoms with Crippen LogP contribution in [0.2, 0.25) is 0 Å². The third-order valence-electron chi connectivity index (χ3n) is 3.70. The first-order valence-electron chi connectivity index (χ1n) is 5.95. The van der Waals surface area contributed by atoms with Gasteiger partial charge in [0.2, 0.25) is 6.08 Å². The molecular formula is C14H16FNO. The fourth-order valence-electron chi connectivity index (χ4n) is 2.77. The third kappa shape index (κ3) is 2.03. The van der Waals surface area contributed by atoms with Crippen LogP contribution in [-0.4, -0.2) is 6.08 Å². The molecule has 2 rings (SSSR count). The molecule has 0 saturated heterocycles. The maximum absolute atomic E-state index is 13.4. The Morgan fingerprint density at radius 2 is 1.88 bits per heavy atom. The molecule has 2 nitrogen and oxygen atoms in total. The van der Waals surface area contributed by atoms with E-state index < -0.39 is 5.54 Å². The summed E-state index contributed by atoms with van der Waals surface area (Å²) in [5.41, 5.74) is 2.01. The normalized spacial score (nSPS) is 17.8. The van der Waals surface area contributed by atoms with Gasteiger partial charge in [-0.15, -0.1) is 0 Å². The molecule has 0 radical (unpaired) electrons. The molecule has 90 valence electrons. The fourth-order valence-corrected chi connectivity index (χ4v) is 2.77. The summed E-state index contributed by atoms with van der Waals surface area (Å²) in [4.78, 5) is 14.7. The van der Waals surface area contributed by atoms with Gasteiger partial charge in [-0.3, -0.25) is 0 Å². The van der Waals surface area contributed by atoms with E-state index >= 15 is 0 Å². The number of nitrogens with zero attached hydrogens (tertiary/aromatic N) is 1. The molecule has 3 heteroatoms. The minimum atomic E-state index is -0.454. The highest BCUT2D eigenvalue weighted by Crippen LogP contribution is 2.43. The summed E-state index contributed by atoms with van der Waals surface area (Å²) in [6.07, 6.45) is 5.52. The predicted octanol–water partition coefficient (Wildman–Crippen LogP) is 3.55. The number of halogens is 1. The first-order chi connectivity index (χ1) is 8.09. The molecule has 0 N–H and O–H groups in total. The summed E-state index contributed by atoms with van der Waals surface area (Å²) in [6.45, 7) is 3.61. The van der Waals surface area contributed by atoms with E-state index in [4.69, 9.17) is 0 Å². The summed E-state index contributed by atoms with van der Waals surface area (Å²) >= 11 is 0. The molecule has 1 saturated carbocycles. The summed E-state index contributed by atoms with van der Waals surface area (Å²) in [5.74, 6) is -0.200. The van der Waals surface area contributed by atoms with Crippen molar-refractivity contribution in [3.63, 3.8) is 0 Å². The fraction of sp³-hybridized carbons (Fsp3) is 0.500. The zero-order valence-corrected chi connectivity index (χ0v) is 10.2. The number of hydrogen-bond donors (Lipinski definition) is 0. The summed E-state index contributed by atoms with van der Waals surface area (Å²) < 4.78 is 13.4. The van der Waals surface area contributed by atoms with Crippen LogP contribution in [-0.2, 0) is 10.3 Å². The molecule has 0 atom stereocenters. The van der Waals surface area contributed by atoms with E-state index in [-0.39, 0.29) is 5.82 Å². The van der Waals surface area contributed by atoms with E-state index in [1.807, 2.05) is 13.0 Å². The van der Waals surface area contributed by atoms with Gasteiger partial charge >= 0.3 is 0 Å². The molecule has 0 aromatic heterocycles. The van der Waals surface area contributed by atoms with Gasteiger partial charge in [0.1, 0.15) is 5.82 Å². The largest absolute Gasteiger partial charge is 0.235 e. The molecule has 0 bridgehead atoms. The van der Waals surface area contributed by atoms with Crippen LogP contribution in [0.1, 0.15) is 42.4 Å². The minimum absolute atomic E-state index is 0.200. The monoisotopic (exact) mass is 233 g/mol. The van der Waals surface area contributed by atoms with E-state index in [1.54, 1.807) is 13.0 Å². The molecule has 1 aromatic carbocycles. The molecule has 0 aliphatic heterocycles. The van der Waals surface area contributed by atoms with Crippen LogP contribution in [0.15, 0.2) is 17.1 Å². The number of rotatable bonds is 2. The second kappa shape index (κ2) is 4.42. The van der Waals surface area contributed by atoms with Gasteiger partial charge in [0.15, 0.2) is 0 Å². The standard InChI is InChI=1S/C14H16FNO/c1-10-8-13(15)11(2)7-12(10)14(16-9-17)5-3-4-6-14/h7-8H,3-6H2,1-2H3. The van der Waals surface area contributed by atoms with Gasteiger partial charge in [0, 0.05) is 0 Å². The molecule has 1 fully saturated rings. The van der Waals surface area contributed by atoms with E-state index in [0.717, 1.165) is 36.8 Å². The van der Waals surface area contributed by atoms with Gasteiger partial charge < -0.3 is 0 Å². The Kier molecular flexibility index (Phi) is 3.12. The number of benzene rings is 1. The van der Waals surface area contributed by atoms with Crippen molar-refractivity contribution in [3.8, 4) is 0 Å². The molecule has 0 unspecified atom stereocenters. The van der Waals surface area contributed by atoms with E-state index in [9.17, 15) is 9.18 Å². The lowest BCUT2D eigenvalue weighted by atomic mass is 9.85. The van der Waals surface area contributed by atoms with Gasteiger partial charge in [-0.1, -0.05) is 18.9 Å². The van der Waals surface area contributed by atoms with Gasteiger partial charge in [-0.25, -0.2) is 9.18 Å². The second-order valence-electron chi connectivity index (χ2n) is 4.86. The average molecular weight is 233 g/mol. The van der Waals surface area contributed by atoms with E-state index in [2.05, 4.69) is 4.99 Å². The lowest BCUT2D eigenvalue weighted by molar-refractivity contribution is 0.452. The zero-order chi connectivity index (χ0) is 12.5. The van der Waals surface area contributed by atoms with Gasteiger partial charge in [-0.05, 0) is 49.4 Å². The zero-order valence-electron chi connectivity index (χ0n) is 10.2. The lowest BCUT2D eigenvalue weighted by Crippen LogP contribution is -2.20. The first kappa shape index (κ1) is 12.0. The maximum Gasteiger partial charge on any atom is 0.235 e. The smallest absolute Gasteiger partial charge is 0.211 e. The second-order valence-corrected chi connectivity index (χ2v) is 4.86. The van der Waals surface area contributed by atoms with Crippen LogP contribution in [0.4, 0.5) is 4.39 Å². The lowest BCUT2D eigenvalue weighted by Gasteiger charge is -2.25. The Morgan fingerprint density at radius 3 is 2.47 bits per heavy atom. The van der Waals surface area contributed by atoms with Crippen LogP contribution in [0, 0.1) is 19.7 Å². The summed E-state index contributed by atoms with van der Waals surface area (Å²) in [5, 5.41) is 0. The highest BCUT2D eigenvalue weighted by molar-refractivity contribution is 5.43. The minimum Gasteiger partial charge on any atom is -0.211 e. The molecule has 1 aliphatic carbocycles. The van der Waals surface area contributed by atoms with Gasteiger partial charge in [0.25, 0.3) is 0 Å². The van der Waals surface area contributed by atoms with Crippen LogP contribution < -0.4 is 0 Å². The van der Waals surface area contributed by atoms with E-state index in [0.29, 0.717) is 5.56 Å². The Bertz CT molecular complexity index is 483. The molecule has 1 aliphatic rings. The summed E-state index contributed by atoms with van der Waals surface area (Å²) in [7, 11) is 0. The Labute approximate surface area is 101 Å². The SMILES string of the molecule is Cc1cc(C2(N=C=O)CCCC2)c(C)cc1F. The van der Waals surface area contributed by atoms with E-state index in [1.165, 1.54) is 6.07 Å². The van der Waals surface area contributed by atoms with Crippen molar-refractivity contribution in [2.45, 2.75) is 45.1 Å². The Morgan fingerprint density at radius 1 is 1.24 bits per heavy atom. The predicted molar refractivity (Wildman–Crippen MR) is 64.1 cm³/mol. The number of aliphatic imine (C=N–C) groups is 1. The Balaban J connectivity index is 2.57. The van der Waals surface area contributed by atoms with Crippen molar-refractivity contribution >= 4 is 6.08 Å². The molecule has 1 aromatic rings. The number of aryl methyl sites for hydroxylation is 2. The van der Waals surface area contributed by atoms with Crippen molar-refractivity contribution in [2.75, 3.05) is 0 Å². The van der Waals surface area contributed by atoms with Crippen LogP contribution in [0.3, 0.4) is 0 Å².